The molecule has 5 nitrogen and oxygen atoms in total. The number of nitrogens with zero attached hydrogens (tertiary/aromatic N) is 1. The first-order valence-electron chi connectivity index (χ1n) is 7.89. The zero-order valence-corrected chi connectivity index (χ0v) is 13.8. The second-order valence-electron chi connectivity index (χ2n) is 5.95. The fourth-order valence-electron chi connectivity index (χ4n) is 2.90. The monoisotopic (exact) mass is 324 g/mol. The van der Waals surface area contributed by atoms with Crippen LogP contribution in [0.2, 0.25) is 0 Å². The van der Waals surface area contributed by atoms with Crippen LogP contribution in [0.15, 0.2) is 42.5 Å². The zero-order valence-electron chi connectivity index (χ0n) is 13.8. The van der Waals surface area contributed by atoms with Crippen molar-refractivity contribution >= 4 is 17.7 Å². The number of amides is 2. The maximum atomic E-state index is 12.5. The lowest BCUT2D eigenvalue weighted by Crippen LogP contribution is -2.38. The van der Waals surface area contributed by atoms with Crippen molar-refractivity contribution in [3.8, 4) is 0 Å². The van der Waals surface area contributed by atoms with Crippen LogP contribution in [0.25, 0.3) is 0 Å². The Kier molecular flexibility index (Phi) is 4.51. The summed E-state index contributed by atoms with van der Waals surface area (Å²) in [5.74, 6) is -0.423. The van der Waals surface area contributed by atoms with Gasteiger partial charge in [0.2, 0.25) is 0 Å². The average molecular weight is 324 g/mol. The second kappa shape index (κ2) is 6.74. The van der Waals surface area contributed by atoms with Gasteiger partial charge in [-0.3, -0.25) is 0 Å². The second-order valence-corrected chi connectivity index (χ2v) is 5.95. The Labute approximate surface area is 141 Å². The zero-order chi connectivity index (χ0) is 17.1. The van der Waals surface area contributed by atoms with E-state index in [1.165, 1.54) is 23.8 Å². The van der Waals surface area contributed by atoms with Gasteiger partial charge in [-0.05, 0) is 42.7 Å². The number of methoxy groups -OCH3 is 1. The van der Waals surface area contributed by atoms with E-state index in [1.54, 1.807) is 29.2 Å². The summed E-state index contributed by atoms with van der Waals surface area (Å²) in [6, 6.07) is 13.0. The van der Waals surface area contributed by atoms with E-state index in [9.17, 15) is 9.59 Å². The molecule has 0 radical (unpaired) electrons. The van der Waals surface area contributed by atoms with Crippen molar-refractivity contribution in [1.29, 1.82) is 0 Å². The van der Waals surface area contributed by atoms with Crippen LogP contribution in [0, 0.1) is 6.92 Å². The van der Waals surface area contributed by atoms with Crippen LogP contribution in [0.3, 0.4) is 0 Å². The van der Waals surface area contributed by atoms with Gasteiger partial charge in [-0.25, -0.2) is 9.59 Å². The smallest absolute Gasteiger partial charge is 0.337 e. The van der Waals surface area contributed by atoms with Crippen molar-refractivity contribution < 1.29 is 14.3 Å². The Morgan fingerprint density at radius 3 is 2.75 bits per heavy atom. The van der Waals surface area contributed by atoms with Crippen LogP contribution in [-0.2, 0) is 17.7 Å². The Bertz CT molecular complexity index is 786. The summed E-state index contributed by atoms with van der Waals surface area (Å²) in [7, 11) is 1.33. The van der Waals surface area contributed by atoms with E-state index in [0.29, 0.717) is 24.3 Å². The molecule has 2 amide bonds. The Morgan fingerprint density at radius 1 is 1.12 bits per heavy atom. The molecule has 1 aliphatic rings. The predicted octanol–water partition coefficient (Wildman–Crippen LogP) is 3.37. The molecule has 3 rings (SSSR count). The fourth-order valence-corrected chi connectivity index (χ4v) is 2.90. The fraction of sp³-hybridized carbons (Fsp3) is 0.263. The van der Waals surface area contributed by atoms with Crippen LogP contribution >= 0.6 is 0 Å². The van der Waals surface area contributed by atoms with Crippen LogP contribution in [0.1, 0.15) is 27.0 Å². The number of nitrogens with one attached hydrogen (secondary N) is 1. The Hall–Kier alpha value is -2.82. The van der Waals surface area contributed by atoms with Crippen LogP contribution in [-0.4, -0.2) is 30.6 Å². The first-order chi connectivity index (χ1) is 11.6. The number of fused-ring (bicyclic) bond motifs is 1. The minimum absolute atomic E-state index is 0.163. The molecule has 0 atom stereocenters. The molecule has 2 aromatic rings. The van der Waals surface area contributed by atoms with E-state index in [4.69, 9.17) is 4.74 Å². The quantitative estimate of drug-likeness (QED) is 0.862. The van der Waals surface area contributed by atoms with Gasteiger partial charge in [0, 0.05) is 18.8 Å². The molecule has 0 saturated carbocycles. The summed E-state index contributed by atoms with van der Waals surface area (Å²) in [6.45, 7) is 3.33. The summed E-state index contributed by atoms with van der Waals surface area (Å²) in [5.41, 5.74) is 4.69. The first-order valence-corrected chi connectivity index (χ1v) is 7.89. The normalized spacial score (nSPS) is 13.2. The molecule has 5 heteroatoms. The van der Waals surface area contributed by atoms with Crippen molar-refractivity contribution in [1.82, 2.24) is 4.90 Å². The molecule has 0 aromatic heterocycles. The summed E-state index contributed by atoms with van der Waals surface area (Å²) in [5, 5.41) is 2.86. The van der Waals surface area contributed by atoms with Crippen molar-refractivity contribution in [3.05, 3.63) is 64.7 Å². The highest BCUT2D eigenvalue weighted by atomic mass is 16.5. The van der Waals surface area contributed by atoms with Crippen LogP contribution in [0.5, 0.6) is 0 Å². The topological polar surface area (TPSA) is 58.6 Å². The van der Waals surface area contributed by atoms with Gasteiger partial charge in [0.05, 0.1) is 12.7 Å². The summed E-state index contributed by atoms with van der Waals surface area (Å²) < 4.78 is 4.70. The van der Waals surface area contributed by atoms with Crippen molar-refractivity contribution in [2.24, 2.45) is 0 Å². The van der Waals surface area contributed by atoms with E-state index < -0.39 is 5.97 Å². The number of hydrogen-bond acceptors (Lipinski definition) is 3. The minimum atomic E-state index is -0.423. The van der Waals surface area contributed by atoms with E-state index in [2.05, 4.69) is 30.4 Å². The first kappa shape index (κ1) is 16.1. The number of hydrogen-bond donors (Lipinski definition) is 1. The number of ether oxygens (including phenoxy) is 1. The van der Waals surface area contributed by atoms with E-state index in [-0.39, 0.29) is 6.03 Å². The molecule has 0 spiro atoms. The number of esters is 1. The molecule has 124 valence electrons. The largest absolute Gasteiger partial charge is 0.465 e. The molecule has 0 bridgehead atoms. The van der Waals surface area contributed by atoms with Crippen molar-refractivity contribution in [2.45, 2.75) is 19.9 Å². The molecular formula is C19H20N2O3. The summed E-state index contributed by atoms with van der Waals surface area (Å²) >= 11 is 0. The average Bonchev–Trinajstić information content (AvgIpc) is 2.60. The lowest BCUT2D eigenvalue weighted by atomic mass is 9.98. The molecule has 0 fully saturated rings. The molecule has 0 saturated heterocycles. The van der Waals surface area contributed by atoms with E-state index >= 15 is 0 Å². The highest BCUT2D eigenvalue weighted by Crippen LogP contribution is 2.21. The number of urea groups is 1. The molecule has 1 aliphatic heterocycles. The van der Waals surface area contributed by atoms with Gasteiger partial charge in [-0.15, -0.1) is 0 Å². The molecule has 1 heterocycles. The van der Waals surface area contributed by atoms with Crippen molar-refractivity contribution in [2.75, 3.05) is 19.0 Å². The molecule has 0 aliphatic carbocycles. The third kappa shape index (κ3) is 3.40. The van der Waals surface area contributed by atoms with Gasteiger partial charge >= 0.3 is 12.0 Å². The lowest BCUT2D eigenvalue weighted by molar-refractivity contribution is 0.0600. The molecule has 2 aromatic carbocycles. The Morgan fingerprint density at radius 2 is 1.96 bits per heavy atom. The van der Waals surface area contributed by atoms with Crippen molar-refractivity contribution in [3.63, 3.8) is 0 Å². The number of aryl methyl sites for hydroxylation is 1. The number of carbonyl (C=O) groups excluding carboxylic acids is 2. The van der Waals surface area contributed by atoms with Gasteiger partial charge in [0.15, 0.2) is 0 Å². The number of anilines is 1. The molecule has 24 heavy (non-hydrogen) atoms. The maximum Gasteiger partial charge on any atom is 0.337 e. The molecule has 1 N–H and O–H groups in total. The number of benzene rings is 2. The van der Waals surface area contributed by atoms with Gasteiger partial charge < -0.3 is 15.0 Å². The summed E-state index contributed by atoms with van der Waals surface area (Å²) in [6.07, 6.45) is 0.852. The van der Waals surface area contributed by atoms with Crippen LogP contribution < -0.4 is 5.32 Å². The minimum Gasteiger partial charge on any atom is -0.465 e. The molecular weight excluding hydrogens is 304 g/mol. The highest BCUT2D eigenvalue weighted by molar-refractivity contribution is 5.94. The third-order valence-corrected chi connectivity index (χ3v) is 4.20. The van der Waals surface area contributed by atoms with E-state index in [1.807, 2.05) is 0 Å². The number of carbonyl (C=O) groups is 2. The summed E-state index contributed by atoms with van der Waals surface area (Å²) in [4.78, 5) is 25.9. The maximum absolute atomic E-state index is 12.5. The van der Waals surface area contributed by atoms with Crippen LogP contribution in [0.4, 0.5) is 10.5 Å². The lowest BCUT2D eigenvalue weighted by Gasteiger charge is -2.29. The van der Waals surface area contributed by atoms with Gasteiger partial charge in [-0.2, -0.15) is 0 Å². The van der Waals surface area contributed by atoms with Gasteiger partial charge in [0.1, 0.15) is 0 Å². The van der Waals surface area contributed by atoms with Gasteiger partial charge in [-0.1, -0.05) is 29.8 Å². The molecule has 0 unspecified atom stereocenters. The Balaban J connectivity index is 1.71. The van der Waals surface area contributed by atoms with Gasteiger partial charge in [0.25, 0.3) is 0 Å². The highest BCUT2D eigenvalue weighted by Gasteiger charge is 2.21. The van der Waals surface area contributed by atoms with E-state index in [0.717, 1.165) is 6.42 Å². The number of rotatable bonds is 2. The third-order valence-electron chi connectivity index (χ3n) is 4.20. The standard InChI is InChI=1S/C19H20N2O3/c1-13-6-7-14-8-9-21(12-16(14)10-13)19(23)20-17-5-3-4-15(11-17)18(22)24-2/h3-7,10-11H,8-9,12H2,1-2H3,(H,20,23). The predicted molar refractivity (Wildman–Crippen MR) is 92.1 cm³/mol. The SMILES string of the molecule is COC(=O)c1cccc(NC(=O)N2CCc3ccc(C)cc3C2)c1.